The van der Waals surface area contributed by atoms with Crippen LogP contribution in [0.5, 0.6) is 5.75 Å². The molecule has 2 fully saturated rings. The first-order valence-electron chi connectivity index (χ1n) is 6.80. The summed E-state index contributed by atoms with van der Waals surface area (Å²) in [6.07, 6.45) is 4.46. The molecule has 0 radical (unpaired) electrons. The monoisotopic (exact) mass is 323 g/mol. The Morgan fingerprint density at radius 1 is 1.21 bits per heavy atom. The molecule has 2 heterocycles. The van der Waals surface area contributed by atoms with E-state index in [-0.39, 0.29) is 5.91 Å². The highest BCUT2D eigenvalue weighted by Gasteiger charge is 2.42. The van der Waals surface area contributed by atoms with Gasteiger partial charge in [-0.3, -0.25) is 4.79 Å². The molecule has 1 amide bonds. The molecule has 2 aliphatic heterocycles. The molecule has 2 aliphatic rings. The van der Waals surface area contributed by atoms with Gasteiger partial charge < -0.3 is 9.64 Å². The molecule has 0 spiro atoms. The molecule has 2 atom stereocenters. The lowest BCUT2D eigenvalue weighted by molar-refractivity contribution is 0.0603. The number of carbonyl (C=O) groups is 1. The Morgan fingerprint density at radius 2 is 1.79 bits per heavy atom. The van der Waals surface area contributed by atoms with E-state index in [1.54, 1.807) is 7.11 Å². The average molecular weight is 324 g/mol. The third kappa shape index (κ3) is 2.38. The highest BCUT2D eigenvalue weighted by atomic mass is 79.9. The molecule has 4 heteroatoms. The number of carbonyl (C=O) groups excluding carboxylic acids is 1. The summed E-state index contributed by atoms with van der Waals surface area (Å²) in [6, 6.07) is 8.26. The summed E-state index contributed by atoms with van der Waals surface area (Å²) in [7, 11) is 1.64. The van der Waals surface area contributed by atoms with Gasteiger partial charge in [-0.15, -0.1) is 0 Å². The van der Waals surface area contributed by atoms with Crippen molar-refractivity contribution in [2.45, 2.75) is 42.6 Å². The molecule has 3 nitrogen and oxygen atoms in total. The number of hydrogen-bond acceptors (Lipinski definition) is 2. The van der Waals surface area contributed by atoms with E-state index in [0.29, 0.717) is 16.9 Å². The molecule has 0 N–H and O–H groups in total. The Kier molecular flexibility index (Phi) is 3.52. The van der Waals surface area contributed by atoms with Crippen LogP contribution in [0.3, 0.4) is 0 Å². The van der Waals surface area contributed by atoms with Crippen molar-refractivity contribution in [2.24, 2.45) is 0 Å². The molecule has 0 aromatic heterocycles. The Hall–Kier alpha value is -1.03. The number of piperidine rings is 1. The van der Waals surface area contributed by atoms with Crippen molar-refractivity contribution in [3.05, 3.63) is 29.8 Å². The number of fused-ring (bicyclic) bond motifs is 2. The van der Waals surface area contributed by atoms with Crippen molar-refractivity contribution in [1.29, 1.82) is 0 Å². The van der Waals surface area contributed by atoms with E-state index < -0.39 is 0 Å². The Balaban J connectivity index is 1.80. The standard InChI is InChI=1S/C15H18BrNO2/c1-19-14-6-2-10(3-7-14)15(18)17-12-4-5-13(17)9-11(16)8-12/h2-3,6-7,11-13H,4-5,8-9H2,1H3. The first-order chi connectivity index (χ1) is 9.19. The van der Waals surface area contributed by atoms with Gasteiger partial charge in [0.25, 0.3) is 5.91 Å². The molecular weight excluding hydrogens is 306 g/mol. The summed E-state index contributed by atoms with van der Waals surface area (Å²) in [5, 5.41) is 0. The quantitative estimate of drug-likeness (QED) is 0.782. The molecule has 0 saturated carbocycles. The van der Waals surface area contributed by atoms with Gasteiger partial charge in [0.1, 0.15) is 5.75 Å². The van der Waals surface area contributed by atoms with Gasteiger partial charge in [0.15, 0.2) is 0 Å². The van der Waals surface area contributed by atoms with Gasteiger partial charge in [-0.25, -0.2) is 0 Å². The minimum atomic E-state index is 0.176. The van der Waals surface area contributed by atoms with Crippen LogP contribution >= 0.6 is 15.9 Å². The number of alkyl halides is 1. The second-order valence-electron chi connectivity index (χ2n) is 5.39. The number of rotatable bonds is 2. The molecule has 1 aromatic rings. The van der Waals surface area contributed by atoms with Crippen LogP contribution in [0.25, 0.3) is 0 Å². The lowest BCUT2D eigenvalue weighted by atomic mass is 10.0. The Labute approximate surface area is 122 Å². The molecule has 3 rings (SSSR count). The van der Waals surface area contributed by atoms with E-state index in [2.05, 4.69) is 20.8 Å². The number of ether oxygens (including phenoxy) is 1. The molecule has 1 aromatic carbocycles. The molecule has 2 unspecified atom stereocenters. The van der Waals surface area contributed by atoms with Gasteiger partial charge in [-0.05, 0) is 49.9 Å². The maximum absolute atomic E-state index is 12.6. The van der Waals surface area contributed by atoms with Gasteiger partial charge in [0.05, 0.1) is 7.11 Å². The summed E-state index contributed by atoms with van der Waals surface area (Å²) in [5.41, 5.74) is 0.769. The first kappa shape index (κ1) is 13.0. The maximum atomic E-state index is 12.6. The van der Waals surface area contributed by atoms with Crippen molar-refractivity contribution in [3.8, 4) is 5.75 Å². The van der Waals surface area contributed by atoms with Gasteiger partial charge in [-0.1, -0.05) is 15.9 Å². The largest absolute Gasteiger partial charge is 0.497 e. The third-order valence-electron chi connectivity index (χ3n) is 4.25. The van der Waals surface area contributed by atoms with E-state index in [1.807, 2.05) is 24.3 Å². The fraction of sp³-hybridized carbons (Fsp3) is 0.533. The zero-order valence-corrected chi connectivity index (χ0v) is 12.6. The Morgan fingerprint density at radius 3 is 2.32 bits per heavy atom. The SMILES string of the molecule is COc1ccc(C(=O)N2C3CCC2CC(Br)C3)cc1. The van der Waals surface area contributed by atoms with Crippen LogP contribution in [0.2, 0.25) is 0 Å². The zero-order valence-electron chi connectivity index (χ0n) is 11.0. The minimum Gasteiger partial charge on any atom is -0.497 e. The molecule has 19 heavy (non-hydrogen) atoms. The minimum absolute atomic E-state index is 0.176. The molecular formula is C15H18BrNO2. The van der Waals surface area contributed by atoms with Gasteiger partial charge in [-0.2, -0.15) is 0 Å². The van der Waals surface area contributed by atoms with Crippen LogP contribution in [0.15, 0.2) is 24.3 Å². The highest BCUT2D eigenvalue weighted by molar-refractivity contribution is 9.09. The molecule has 0 aliphatic carbocycles. The van der Waals surface area contributed by atoms with Crippen LogP contribution in [-0.2, 0) is 0 Å². The molecule has 102 valence electrons. The van der Waals surface area contributed by atoms with Gasteiger partial charge in [0, 0.05) is 22.5 Å². The predicted molar refractivity (Wildman–Crippen MR) is 77.9 cm³/mol. The lowest BCUT2D eigenvalue weighted by Gasteiger charge is -2.37. The fourth-order valence-electron chi connectivity index (χ4n) is 3.32. The number of methoxy groups -OCH3 is 1. The van der Waals surface area contributed by atoms with Crippen molar-refractivity contribution < 1.29 is 9.53 Å². The maximum Gasteiger partial charge on any atom is 0.254 e. The molecule has 2 bridgehead atoms. The van der Waals surface area contributed by atoms with Crippen molar-refractivity contribution in [1.82, 2.24) is 4.90 Å². The van der Waals surface area contributed by atoms with Crippen molar-refractivity contribution in [2.75, 3.05) is 7.11 Å². The number of nitrogens with zero attached hydrogens (tertiary/aromatic N) is 1. The van der Waals surface area contributed by atoms with Crippen LogP contribution in [0.4, 0.5) is 0 Å². The van der Waals surface area contributed by atoms with Gasteiger partial charge in [0.2, 0.25) is 0 Å². The number of hydrogen-bond donors (Lipinski definition) is 0. The highest BCUT2D eigenvalue weighted by Crippen LogP contribution is 2.39. The van der Waals surface area contributed by atoms with E-state index in [9.17, 15) is 4.79 Å². The van der Waals surface area contributed by atoms with Crippen LogP contribution < -0.4 is 4.74 Å². The first-order valence-corrected chi connectivity index (χ1v) is 7.71. The fourth-order valence-corrected chi connectivity index (χ4v) is 4.19. The number of benzene rings is 1. The van der Waals surface area contributed by atoms with E-state index in [1.165, 1.54) is 0 Å². The van der Waals surface area contributed by atoms with Crippen LogP contribution in [0.1, 0.15) is 36.0 Å². The van der Waals surface area contributed by atoms with Crippen LogP contribution in [-0.4, -0.2) is 34.8 Å². The third-order valence-corrected chi connectivity index (χ3v) is 4.99. The van der Waals surface area contributed by atoms with Gasteiger partial charge >= 0.3 is 0 Å². The second kappa shape index (κ2) is 5.16. The van der Waals surface area contributed by atoms with E-state index in [0.717, 1.165) is 37.0 Å². The Bertz CT molecular complexity index is 460. The lowest BCUT2D eigenvalue weighted by Crippen LogP contribution is -2.46. The second-order valence-corrected chi connectivity index (χ2v) is 6.69. The molecule has 2 saturated heterocycles. The predicted octanol–water partition coefficient (Wildman–Crippen LogP) is 3.23. The van der Waals surface area contributed by atoms with Crippen molar-refractivity contribution >= 4 is 21.8 Å². The number of halogens is 1. The zero-order chi connectivity index (χ0) is 13.4. The normalized spacial score (nSPS) is 29.4. The average Bonchev–Trinajstić information content (AvgIpc) is 2.70. The summed E-state index contributed by atoms with van der Waals surface area (Å²) < 4.78 is 5.13. The van der Waals surface area contributed by atoms with Crippen LogP contribution in [0, 0.1) is 0 Å². The topological polar surface area (TPSA) is 29.5 Å². The summed E-state index contributed by atoms with van der Waals surface area (Å²) in [6.45, 7) is 0. The summed E-state index contributed by atoms with van der Waals surface area (Å²) in [5.74, 6) is 0.966. The van der Waals surface area contributed by atoms with Crippen molar-refractivity contribution in [3.63, 3.8) is 0 Å². The van der Waals surface area contributed by atoms with E-state index >= 15 is 0 Å². The summed E-state index contributed by atoms with van der Waals surface area (Å²) in [4.78, 5) is 15.3. The summed E-state index contributed by atoms with van der Waals surface area (Å²) >= 11 is 3.71. The van der Waals surface area contributed by atoms with E-state index in [4.69, 9.17) is 4.74 Å². The smallest absolute Gasteiger partial charge is 0.254 e. The number of amides is 1.